The van der Waals surface area contributed by atoms with Crippen LogP contribution in [-0.4, -0.2) is 18.4 Å². The quantitative estimate of drug-likeness (QED) is 0.498. The monoisotopic (exact) mass is 265 g/mol. The Labute approximate surface area is 113 Å². The molecular weight excluding hydrogens is 246 g/mol. The number of nitrogens with zero attached hydrogens (tertiary/aromatic N) is 1. The standard InChI is InChI=1S/C13H19N3OS/c1-8(2)11-6-10(7-15-16-13(14)18)9(3)5-12(11)17-4/h5-8H,1-4H3,(H3,14,16,18). The number of ether oxygens (including phenoxy) is 1. The van der Waals surface area contributed by atoms with Crippen LogP contribution in [-0.2, 0) is 0 Å². The van der Waals surface area contributed by atoms with Gasteiger partial charge in [0.1, 0.15) is 5.75 Å². The third-order valence-corrected chi connectivity index (χ3v) is 2.71. The Hall–Kier alpha value is -1.62. The van der Waals surface area contributed by atoms with Crippen LogP contribution in [0.4, 0.5) is 0 Å². The highest BCUT2D eigenvalue weighted by Gasteiger charge is 2.10. The van der Waals surface area contributed by atoms with Crippen molar-refractivity contribution in [3.05, 3.63) is 28.8 Å². The van der Waals surface area contributed by atoms with Gasteiger partial charge in [-0.1, -0.05) is 13.8 Å². The van der Waals surface area contributed by atoms with Crippen molar-refractivity contribution in [3.63, 3.8) is 0 Å². The van der Waals surface area contributed by atoms with Crippen LogP contribution in [0.5, 0.6) is 5.75 Å². The van der Waals surface area contributed by atoms with E-state index in [-0.39, 0.29) is 5.11 Å². The molecule has 0 heterocycles. The van der Waals surface area contributed by atoms with Gasteiger partial charge in [-0.15, -0.1) is 0 Å². The fraction of sp³-hybridized carbons (Fsp3) is 0.385. The lowest BCUT2D eigenvalue weighted by molar-refractivity contribution is 0.407. The van der Waals surface area contributed by atoms with Crippen molar-refractivity contribution in [1.82, 2.24) is 5.43 Å². The number of hydrogen-bond donors (Lipinski definition) is 2. The molecule has 98 valence electrons. The molecule has 0 amide bonds. The van der Waals surface area contributed by atoms with Gasteiger partial charge in [-0.05, 0) is 53.9 Å². The normalized spacial score (nSPS) is 10.9. The predicted octanol–water partition coefficient (Wildman–Crippen LogP) is 2.29. The van der Waals surface area contributed by atoms with Crippen LogP contribution >= 0.6 is 12.2 Å². The van der Waals surface area contributed by atoms with Crippen molar-refractivity contribution >= 4 is 23.5 Å². The summed E-state index contributed by atoms with van der Waals surface area (Å²) < 4.78 is 5.38. The SMILES string of the molecule is COc1cc(C)c(C=NNC(N)=S)cc1C(C)C. The topological polar surface area (TPSA) is 59.6 Å². The summed E-state index contributed by atoms with van der Waals surface area (Å²) in [6.45, 7) is 6.26. The molecular formula is C13H19N3OS. The fourth-order valence-electron chi connectivity index (χ4n) is 1.65. The number of rotatable bonds is 4. The summed E-state index contributed by atoms with van der Waals surface area (Å²) in [6, 6.07) is 4.08. The third-order valence-electron chi connectivity index (χ3n) is 2.62. The van der Waals surface area contributed by atoms with Crippen LogP contribution in [0.3, 0.4) is 0 Å². The Balaban J connectivity index is 3.09. The first-order valence-corrected chi connectivity index (χ1v) is 6.13. The van der Waals surface area contributed by atoms with E-state index in [1.54, 1.807) is 13.3 Å². The molecule has 1 aromatic carbocycles. The molecule has 0 saturated carbocycles. The van der Waals surface area contributed by atoms with E-state index in [9.17, 15) is 0 Å². The van der Waals surface area contributed by atoms with E-state index in [2.05, 4.69) is 42.7 Å². The predicted molar refractivity (Wildman–Crippen MR) is 79.3 cm³/mol. The zero-order valence-electron chi connectivity index (χ0n) is 11.2. The summed E-state index contributed by atoms with van der Waals surface area (Å²) in [6.07, 6.45) is 1.71. The van der Waals surface area contributed by atoms with Crippen LogP contribution in [0.1, 0.15) is 36.5 Å². The number of benzene rings is 1. The van der Waals surface area contributed by atoms with Crippen molar-refractivity contribution in [2.45, 2.75) is 26.7 Å². The van der Waals surface area contributed by atoms with E-state index in [0.29, 0.717) is 5.92 Å². The molecule has 0 aliphatic carbocycles. The Bertz CT molecular complexity index is 470. The van der Waals surface area contributed by atoms with Gasteiger partial charge in [0.2, 0.25) is 0 Å². The number of hydrogen-bond acceptors (Lipinski definition) is 3. The van der Waals surface area contributed by atoms with Crippen molar-refractivity contribution in [1.29, 1.82) is 0 Å². The lowest BCUT2D eigenvalue weighted by Gasteiger charge is -2.14. The first-order valence-electron chi connectivity index (χ1n) is 5.72. The summed E-state index contributed by atoms with van der Waals surface area (Å²) in [5.74, 6) is 1.29. The van der Waals surface area contributed by atoms with Crippen molar-refractivity contribution in [2.24, 2.45) is 10.8 Å². The Kier molecular flexibility index (Phi) is 5.09. The molecule has 0 bridgehead atoms. The summed E-state index contributed by atoms with van der Waals surface area (Å²) in [5.41, 5.74) is 11.1. The van der Waals surface area contributed by atoms with E-state index in [0.717, 1.165) is 22.4 Å². The highest BCUT2D eigenvalue weighted by molar-refractivity contribution is 7.80. The molecule has 4 nitrogen and oxygen atoms in total. The van der Waals surface area contributed by atoms with Gasteiger partial charge in [0.25, 0.3) is 0 Å². The lowest BCUT2D eigenvalue weighted by Crippen LogP contribution is -2.24. The molecule has 0 unspecified atom stereocenters. The van der Waals surface area contributed by atoms with E-state index < -0.39 is 0 Å². The zero-order chi connectivity index (χ0) is 13.7. The smallest absolute Gasteiger partial charge is 0.184 e. The molecule has 0 spiro atoms. The zero-order valence-corrected chi connectivity index (χ0v) is 12.0. The van der Waals surface area contributed by atoms with Gasteiger partial charge in [-0.3, -0.25) is 5.43 Å². The number of hydrazone groups is 1. The van der Waals surface area contributed by atoms with Crippen molar-refractivity contribution < 1.29 is 4.74 Å². The minimum atomic E-state index is 0.154. The van der Waals surface area contributed by atoms with Gasteiger partial charge in [0.15, 0.2) is 5.11 Å². The number of nitrogens with one attached hydrogen (secondary N) is 1. The second-order valence-electron chi connectivity index (χ2n) is 4.34. The van der Waals surface area contributed by atoms with E-state index >= 15 is 0 Å². The Morgan fingerprint density at radius 3 is 2.67 bits per heavy atom. The van der Waals surface area contributed by atoms with Crippen LogP contribution in [0.15, 0.2) is 17.2 Å². The fourth-order valence-corrected chi connectivity index (χ4v) is 1.70. The first-order chi connectivity index (χ1) is 8.45. The molecule has 0 radical (unpaired) electrons. The molecule has 1 rings (SSSR count). The first kappa shape index (κ1) is 14.4. The summed E-state index contributed by atoms with van der Waals surface area (Å²) in [5, 5.41) is 4.13. The second kappa shape index (κ2) is 6.35. The van der Waals surface area contributed by atoms with Crippen LogP contribution in [0.25, 0.3) is 0 Å². The minimum absolute atomic E-state index is 0.154. The molecule has 0 aliphatic heterocycles. The van der Waals surface area contributed by atoms with E-state index in [4.69, 9.17) is 10.5 Å². The molecule has 0 aromatic heterocycles. The minimum Gasteiger partial charge on any atom is -0.496 e. The maximum atomic E-state index is 5.38. The second-order valence-corrected chi connectivity index (χ2v) is 4.78. The van der Waals surface area contributed by atoms with Gasteiger partial charge in [-0.2, -0.15) is 5.10 Å². The summed E-state index contributed by atoms with van der Waals surface area (Å²) in [4.78, 5) is 0. The van der Waals surface area contributed by atoms with Crippen molar-refractivity contribution in [3.8, 4) is 5.75 Å². The van der Waals surface area contributed by atoms with Gasteiger partial charge >= 0.3 is 0 Å². The highest BCUT2D eigenvalue weighted by Crippen LogP contribution is 2.28. The maximum Gasteiger partial charge on any atom is 0.184 e. The summed E-state index contributed by atoms with van der Waals surface area (Å²) >= 11 is 4.68. The molecule has 0 saturated heterocycles. The van der Waals surface area contributed by atoms with Crippen LogP contribution in [0.2, 0.25) is 0 Å². The maximum absolute atomic E-state index is 5.38. The molecule has 0 aliphatic rings. The van der Waals surface area contributed by atoms with Gasteiger partial charge in [0, 0.05) is 0 Å². The molecule has 0 fully saturated rings. The van der Waals surface area contributed by atoms with Crippen LogP contribution in [0, 0.1) is 6.92 Å². The van der Waals surface area contributed by atoms with E-state index in [1.807, 2.05) is 13.0 Å². The number of nitrogens with two attached hydrogens (primary N) is 1. The largest absolute Gasteiger partial charge is 0.496 e. The van der Waals surface area contributed by atoms with Gasteiger partial charge < -0.3 is 10.5 Å². The number of methoxy groups -OCH3 is 1. The number of aryl methyl sites for hydroxylation is 1. The van der Waals surface area contributed by atoms with E-state index in [1.165, 1.54) is 0 Å². The van der Waals surface area contributed by atoms with Gasteiger partial charge in [0.05, 0.1) is 13.3 Å². The molecule has 18 heavy (non-hydrogen) atoms. The molecule has 1 aromatic rings. The Morgan fingerprint density at radius 1 is 1.50 bits per heavy atom. The molecule has 5 heteroatoms. The van der Waals surface area contributed by atoms with Crippen molar-refractivity contribution in [2.75, 3.05) is 7.11 Å². The Morgan fingerprint density at radius 2 is 2.17 bits per heavy atom. The number of thiocarbonyl (C=S) groups is 1. The lowest BCUT2D eigenvalue weighted by atomic mass is 9.97. The van der Waals surface area contributed by atoms with Gasteiger partial charge in [-0.25, -0.2) is 0 Å². The summed E-state index contributed by atoms with van der Waals surface area (Å²) in [7, 11) is 1.68. The molecule has 0 atom stereocenters. The third kappa shape index (κ3) is 3.70. The average molecular weight is 265 g/mol. The highest BCUT2D eigenvalue weighted by atomic mass is 32.1. The average Bonchev–Trinajstić information content (AvgIpc) is 2.29. The van der Waals surface area contributed by atoms with Crippen LogP contribution < -0.4 is 15.9 Å². The molecule has 3 N–H and O–H groups in total.